The Kier molecular flexibility index (Phi) is 9.68. The van der Waals surface area contributed by atoms with Crippen LogP contribution in [-0.4, -0.2) is 0 Å². The molecule has 10 rings (SSSR count). The molecule has 0 aliphatic heterocycles. The first-order valence-corrected chi connectivity index (χ1v) is 20.2. The number of hydrogen-bond donors (Lipinski definition) is 0. The Labute approximate surface area is 346 Å². The Morgan fingerprint density at radius 3 is 1.03 bits per heavy atom. The Hall–Kier alpha value is -7.74. The predicted octanol–water partition coefficient (Wildman–Crippen LogP) is 16.3. The molecular weight excluding hydrogens is 711 g/mol. The molecule has 0 aliphatic carbocycles. The minimum Gasteiger partial charge on any atom is -0.311 e. The van der Waals surface area contributed by atoms with E-state index in [2.05, 4.69) is 254 Å². The molecule has 0 N–H and O–H groups in total. The fraction of sp³-hybridized carbons (Fsp3) is 0. The van der Waals surface area contributed by atoms with Gasteiger partial charge in [0.2, 0.25) is 0 Å². The van der Waals surface area contributed by atoms with Gasteiger partial charge in [0.25, 0.3) is 0 Å². The second-order valence-corrected chi connectivity index (χ2v) is 15.0. The van der Waals surface area contributed by atoms with Crippen LogP contribution in [0.1, 0.15) is 0 Å². The maximum atomic E-state index is 2.34. The van der Waals surface area contributed by atoms with Crippen LogP contribution < -0.4 is 4.90 Å². The van der Waals surface area contributed by atoms with Gasteiger partial charge in [-0.3, -0.25) is 0 Å². The van der Waals surface area contributed by atoms with Crippen molar-refractivity contribution in [1.29, 1.82) is 0 Å². The molecule has 0 amide bonds. The van der Waals surface area contributed by atoms with Crippen LogP contribution in [0.4, 0.5) is 17.1 Å². The number of hydrogen-bond acceptors (Lipinski definition) is 1. The van der Waals surface area contributed by atoms with Gasteiger partial charge in [-0.15, -0.1) is 0 Å². The maximum absolute atomic E-state index is 2.34. The molecular formula is C58H41N. The molecule has 1 heteroatoms. The van der Waals surface area contributed by atoms with Crippen LogP contribution in [0.5, 0.6) is 0 Å². The highest BCUT2D eigenvalue weighted by Crippen LogP contribution is 2.40. The van der Waals surface area contributed by atoms with Crippen LogP contribution in [0.2, 0.25) is 0 Å². The first-order valence-electron chi connectivity index (χ1n) is 20.2. The monoisotopic (exact) mass is 751 g/mol. The third-order valence-corrected chi connectivity index (χ3v) is 11.3. The Morgan fingerprint density at radius 2 is 0.508 bits per heavy atom. The number of rotatable bonds is 9. The molecule has 0 bridgehead atoms. The van der Waals surface area contributed by atoms with Gasteiger partial charge in [-0.05, 0) is 126 Å². The average molecular weight is 752 g/mol. The number of nitrogens with zero attached hydrogens (tertiary/aromatic N) is 1. The van der Waals surface area contributed by atoms with Crippen molar-refractivity contribution in [3.05, 3.63) is 249 Å². The molecule has 0 aromatic heterocycles. The highest BCUT2D eigenvalue weighted by Gasteiger charge is 2.15. The first kappa shape index (κ1) is 35.7. The van der Waals surface area contributed by atoms with E-state index in [1.807, 2.05) is 0 Å². The summed E-state index contributed by atoms with van der Waals surface area (Å²) >= 11 is 0. The van der Waals surface area contributed by atoms with E-state index in [4.69, 9.17) is 0 Å². The van der Waals surface area contributed by atoms with Gasteiger partial charge in [-0.2, -0.15) is 0 Å². The largest absolute Gasteiger partial charge is 0.311 e. The Morgan fingerprint density at radius 1 is 0.186 bits per heavy atom. The topological polar surface area (TPSA) is 3.24 Å². The van der Waals surface area contributed by atoms with Gasteiger partial charge in [0.1, 0.15) is 0 Å². The van der Waals surface area contributed by atoms with Gasteiger partial charge in [-0.1, -0.05) is 200 Å². The zero-order valence-electron chi connectivity index (χ0n) is 32.6. The molecule has 0 fully saturated rings. The van der Waals surface area contributed by atoms with E-state index < -0.39 is 0 Å². The minimum absolute atomic E-state index is 1.10. The summed E-state index contributed by atoms with van der Waals surface area (Å²) in [6.07, 6.45) is 0. The van der Waals surface area contributed by atoms with Crippen LogP contribution in [0, 0.1) is 0 Å². The van der Waals surface area contributed by atoms with Crippen LogP contribution in [0.25, 0.3) is 77.5 Å². The molecule has 0 radical (unpaired) electrons. The molecule has 278 valence electrons. The molecule has 59 heavy (non-hydrogen) atoms. The summed E-state index contributed by atoms with van der Waals surface area (Å²) in [6, 6.07) is 89.7. The van der Waals surface area contributed by atoms with Crippen molar-refractivity contribution in [1.82, 2.24) is 0 Å². The van der Waals surface area contributed by atoms with Crippen molar-refractivity contribution in [2.45, 2.75) is 0 Å². The van der Waals surface area contributed by atoms with Gasteiger partial charge in [0.15, 0.2) is 0 Å². The molecule has 0 aliphatic rings. The van der Waals surface area contributed by atoms with Gasteiger partial charge in [0.05, 0.1) is 0 Å². The molecule has 10 aromatic rings. The van der Waals surface area contributed by atoms with E-state index in [1.165, 1.54) is 77.5 Å². The van der Waals surface area contributed by atoms with Crippen molar-refractivity contribution < 1.29 is 0 Å². The fourth-order valence-electron chi connectivity index (χ4n) is 8.16. The number of fused-ring (bicyclic) bond motifs is 1. The average Bonchev–Trinajstić information content (AvgIpc) is 3.33. The molecule has 0 heterocycles. The molecule has 10 aromatic carbocycles. The smallest absolute Gasteiger partial charge is 0.0462 e. The maximum Gasteiger partial charge on any atom is 0.0462 e. The highest BCUT2D eigenvalue weighted by atomic mass is 15.1. The molecule has 1 nitrogen and oxygen atoms in total. The molecule has 0 unspecified atom stereocenters. The van der Waals surface area contributed by atoms with E-state index in [0.29, 0.717) is 0 Å². The van der Waals surface area contributed by atoms with Crippen molar-refractivity contribution >= 4 is 27.8 Å². The number of benzene rings is 10. The zero-order chi connectivity index (χ0) is 39.4. The summed E-state index contributed by atoms with van der Waals surface area (Å²) in [5.74, 6) is 0. The van der Waals surface area contributed by atoms with Gasteiger partial charge >= 0.3 is 0 Å². The van der Waals surface area contributed by atoms with Crippen LogP contribution in [0.3, 0.4) is 0 Å². The summed E-state index contributed by atoms with van der Waals surface area (Å²) in [7, 11) is 0. The summed E-state index contributed by atoms with van der Waals surface area (Å²) in [4.78, 5) is 2.34. The summed E-state index contributed by atoms with van der Waals surface area (Å²) in [6.45, 7) is 0. The molecule has 0 saturated carbocycles. The summed E-state index contributed by atoms with van der Waals surface area (Å²) in [5.41, 5.74) is 17.8. The van der Waals surface area contributed by atoms with Gasteiger partial charge in [-0.25, -0.2) is 0 Å². The normalized spacial score (nSPS) is 11.1. The van der Waals surface area contributed by atoms with E-state index in [1.54, 1.807) is 0 Å². The SMILES string of the molecule is c1ccc(-c2ccc(N(c3ccc(-c4ccc(-c5cc(-c6ccccc6)ccc5-c5ccccc5)cc4)cc3)c3ccc(-c4ccc5ccccc5c4)cc3)cc2)cc1. The van der Waals surface area contributed by atoms with E-state index in [0.717, 1.165) is 17.1 Å². The summed E-state index contributed by atoms with van der Waals surface area (Å²) < 4.78 is 0. The Balaban J connectivity index is 0.976. The lowest BCUT2D eigenvalue weighted by molar-refractivity contribution is 1.28. The molecule has 0 atom stereocenters. The van der Waals surface area contributed by atoms with Crippen molar-refractivity contribution in [3.63, 3.8) is 0 Å². The highest BCUT2D eigenvalue weighted by molar-refractivity contribution is 5.90. The lowest BCUT2D eigenvalue weighted by atomic mass is 9.90. The molecule has 0 saturated heterocycles. The Bertz CT molecular complexity index is 2970. The lowest BCUT2D eigenvalue weighted by Crippen LogP contribution is -2.09. The lowest BCUT2D eigenvalue weighted by Gasteiger charge is -2.26. The van der Waals surface area contributed by atoms with Gasteiger partial charge in [0, 0.05) is 17.1 Å². The first-order chi connectivity index (χ1) is 29.2. The molecule has 0 spiro atoms. The standard InChI is InChI=1S/C58H41N/c1-4-12-42(13-5-1)46-26-33-54(34-27-46)59(56-37-30-48(31-38-56)52-25-22-44-16-10-11-19-51(44)40-52)55-35-28-47(29-36-55)45-20-23-50(24-21-45)58-41-53(43-14-6-2-7-15-43)32-39-57(58)49-17-8-3-9-18-49/h1-41H. The quantitative estimate of drug-likeness (QED) is 0.142. The minimum atomic E-state index is 1.10. The predicted molar refractivity (Wildman–Crippen MR) is 251 cm³/mol. The van der Waals surface area contributed by atoms with E-state index in [-0.39, 0.29) is 0 Å². The van der Waals surface area contributed by atoms with E-state index >= 15 is 0 Å². The number of anilines is 3. The second-order valence-electron chi connectivity index (χ2n) is 15.0. The third-order valence-electron chi connectivity index (χ3n) is 11.3. The van der Waals surface area contributed by atoms with Crippen molar-refractivity contribution in [2.24, 2.45) is 0 Å². The zero-order valence-corrected chi connectivity index (χ0v) is 32.6. The second kappa shape index (κ2) is 16.0. The van der Waals surface area contributed by atoms with Crippen molar-refractivity contribution in [3.8, 4) is 66.8 Å². The van der Waals surface area contributed by atoms with E-state index in [9.17, 15) is 0 Å². The third kappa shape index (κ3) is 7.46. The fourth-order valence-corrected chi connectivity index (χ4v) is 8.16. The van der Waals surface area contributed by atoms with Crippen LogP contribution in [0.15, 0.2) is 249 Å². The van der Waals surface area contributed by atoms with Gasteiger partial charge < -0.3 is 4.90 Å². The van der Waals surface area contributed by atoms with Crippen LogP contribution >= 0.6 is 0 Å². The summed E-state index contributed by atoms with van der Waals surface area (Å²) in [5, 5.41) is 2.50. The van der Waals surface area contributed by atoms with Crippen molar-refractivity contribution in [2.75, 3.05) is 4.90 Å². The van der Waals surface area contributed by atoms with Crippen LogP contribution in [-0.2, 0) is 0 Å².